The van der Waals surface area contributed by atoms with Crippen molar-refractivity contribution >= 4 is 52.1 Å². The average molecular weight is 273 g/mol. The molecule has 2 aliphatic rings. The van der Waals surface area contributed by atoms with Crippen LogP contribution < -0.4 is 0 Å². The normalized spacial score (nSPS) is 27.7. The van der Waals surface area contributed by atoms with E-state index in [4.69, 9.17) is 0 Å². The van der Waals surface area contributed by atoms with Crippen LogP contribution in [-0.2, 0) is 0 Å². The molecule has 2 fully saturated rings. The Balaban J connectivity index is 1.28. The Morgan fingerprint density at radius 3 is 2.77 bits per heavy atom. The van der Waals surface area contributed by atoms with E-state index in [1.807, 2.05) is 0 Å². The first-order valence-electron chi connectivity index (χ1n) is 4.77. The molecule has 2 aliphatic heterocycles. The largest absolute Gasteiger partial charge is 0.161 e. The summed E-state index contributed by atoms with van der Waals surface area (Å²) in [6.45, 7) is 0. The smallest absolute Gasteiger partial charge is 0.0229 e. The molecule has 0 aromatic rings. The van der Waals surface area contributed by atoms with Crippen LogP contribution in [0.4, 0.5) is 0 Å². The van der Waals surface area contributed by atoms with Gasteiger partial charge in [0.15, 0.2) is 0 Å². The van der Waals surface area contributed by atoms with Crippen LogP contribution in [0.2, 0.25) is 0 Å². The van der Waals surface area contributed by atoms with Crippen molar-refractivity contribution in [3.05, 3.63) is 0 Å². The molecule has 0 bridgehead atoms. The summed E-state index contributed by atoms with van der Waals surface area (Å²) in [5, 5.41) is 1.03. The first kappa shape index (κ1) is 11.2. The standard InChI is InChI=1S/C8H16S5/c1(3-5-13-11-12-13)2-4-9-6-8-7-10-8/h8,13H,1-7H2. The summed E-state index contributed by atoms with van der Waals surface area (Å²) in [5.74, 6) is 5.79. The first-order chi connectivity index (χ1) is 6.45. The van der Waals surface area contributed by atoms with Crippen LogP contribution in [-0.4, -0.2) is 28.3 Å². The highest BCUT2D eigenvalue weighted by Gasteiger charge is 2.21. The second-order valence-corrected chi connectivity index (χ2v) is 14.1. The molecule has 1 unspecified atom stereocenters. The third-order valence-electron chi connectivity index (χ3n) is 2.02. The second kappa shape index (κ2) is 6.36. The third-order valence-corrected chi connectivity index (χ3v) is 10.9. The van der Waals surface area contributed by atoms with Gasteiger partial charge in [-0.1, -0.05) is 6.42 Å². The van der Waals surface area contributed by atoms with E-state index >= 15 is 0 Å². The van der Waals surface area contributed by atoms with Crippen molar-refractivity contribution in [2.24, 2.45) is 0 Å². The molecular weight excluding hydrogens is 256 g/mol. The molecule has 0 saturated carbocycles. The van der Waals surface area contributed by atoms with Gasteiger partial charge in [-0.05, 0) is 44.0 Å². The molecular formula is C8H16S5. The number of hydrogen-bond acceptors (Lipinski definition) is 4. The fraction of sp³-hybridized carbons (Fsp3) is 1.00. The Labute approximate surface area is 99.1 Å². The number of hydrogen-bond donors (Lipinski definition) is 1. The fourth-order valence-corrected chi connectivity index (χ4v) is 8.21. The molecule has 2 saturated heterocycles. The third kappa shape index (κ3) is 6.03. The van der Waals surface area contributed by atoms with Crippen LogP contribution in [0.3, 0.4) is 0 Å². The number of unbranched alkanes of at least 4 members (excludes halogenated alkanes) is 2. The van der Waals surface area contributed by atoms with Crippen LogP contribution in [0.1, 0.15) is 19.3 Å². The SMILES string of the molecule is C(CCSCC1CS1)CC[SH]1SS1. The van der Waals surface area contributed by atoms with Crippen LogP contribution in [0.5, 0.6) is 0 Å². The Morgan fingerprint density at radius 2 is 2.08 bits per heavy atom. The monoisotopic (exact) mass is 272 g/mol. The van der Waals surface area contributed by atoms with Crippen LogP contribution >= 0.6 is 52.1 Å². The lowest BCUT2D eigenvalue weighted by Crippen LogP contribution is -1.90. The quantitative estimate of drug-likeness (QED) is 0.304. The van der Waals surface area contributed by atoms with Gasteiger partial charge in [-0.25, -0.2) is 0 Å². The Morgan fingerprint density at radius 1 is 1.23 bits per heavy atom. The molecule has 0 aromatic heterocycles. The van der Waals surface area contributed by atoms with E-state index in [1.54, 1.807) is 0 Å². The van der Waals surface area contributed by atoms with Gasteiger partial charge in [0.25, 0.3) is 0 Å². The Hall–Kier alpha value is 1.75. The lowest BCUT2D eigenvalue weighted by Gasteiger charge is -2.00. The maximum absolute atomic E-state index is 2.17. The molecule has 0 amide bonds. The van der Waals surface area contributed by atoms with Gasteiger partial charge in [0, 0.05) is 16.8 Å². The van der Waals surface area contributed by atoms with E-state index in [0.29, 0.717) is 8.96 Å². The Bertz CT molecular complexity index is 127. The zero-order valence-corrected chi connectivity index (χ0v) is 11.8. The van der Waals surface area contributed by atoms with E-state index in [1.165, 1.54) is 42.3 Å². The van der Waals surface area contributed by atoms with Gasteiger partial charge >= 0.3 is 0 Å². The minimum atomic E-state index is 0.448. The van der Waals surface area contributed by atoms with Gasteiger partial charge in [-0.3, -0.25) is 0 Å². The summed E-state index contributed by atoms with van der Waals surface area (Å²) in [6.07, 6.45) is 4.43. The summed E-state index contributed by atoms with van der Waals surface area (Å²) in [7, 11) is 4.69. The second-order valence-electron chi connectivity index (χ2n) is 3.30. The van der Waals surface area contributed by atoms with Crippen molar-refractivity contribution in [3.8, 4) is 0 Å². The molecule has 0 aliphatic carbocycles. The summed E-state index contributed by atoms with van der Waals surface area (Å²) in [4.78, 5) is 0. The fourth-order valence-electron chi connectivity index (χ4n) is 1.10. The molecule has 0 aromatic carbocycles. The molecule has 13 heavy (non-hydrogen) atoms. The predicted molar refractivity (Wildman–Crippen MR) is 76.5 cm³/mol. The summed E-state index contributed by atoms with van der Waals surface area (Å²) >= 11 is 4.30. The van der Waals surface area contributed by atoms with Gasteiger partial charge in [0.2, 0.25) is 0 Å². The lowest BCUT2D eigenvalue weighted by molar-refractivity contribution is 0.786. The van der Waals surface area contributed by atoms with E-state index in [2.05, 4.69) is 43.2 Å². The van der Waals surface area contributed by atoms with Crippen molar-refractivity contribution < 1.29 is 0 Å². The molecule has 1 atom stereocenters. The molecule has 0 spiro atoms. The van der Waals surface area contributed by atoms with Gasteiger partial charge < -0.3 is 0 Å². The highest BCUT2D eigenvalue weighted by molar-refractivity contribution is 9.64. The Kier molecular flexibility index (Phi) is 5.50. The summed E-state index contributed by atoms with van der Waals surface area (Å²) in [6, 6.07) is 0. The molecule has 2 heterocycles. The van der Waals surface area contributed by atoms with E-state index in [9.17, 15) is 0 Å². The molecule has 0 nitrogen and oxygen atoms in total. The van der Waals surface area contributed by atoms with E-state index in [-0.39, 0.29) is 0 Å². The van der Waals surface area contributed by atoms with Gasteiger partial charge in [-0.2, -0.15) is 23.5 Å². The van der Waals surface area contributed by atoms with Gasteiger partial charge in [0.05, 0.1) is 0 Å². The van der Waals surface area contributed by atoms with Crippen LogP contribution in [0.25, 0.3) is 0 Å². The minimum Gasteiger partial charge on any atom is -0.161 e. The van der Waals surface area contributed by atoms with Crippen LogP contribution in [0, 0.1) is 0 Å². The lowest BCUT2D eigenvalue weighted by atomic mass is 10.3. The summed E-state index contributed by atoms with van der Waals surface area (Å²) in [5.41, 5.74) is 0. The van der Waals surface area contributed by atoms with Crippen molar-refractivity contribution in [3.63, 3.8) is 0 Å². The minimum absolute atomic E-state index is 0.448. The molecule has 0 radical (unpaired) electrons. The highest BCUT2D eigenvalue weighted by Crippen LogP contribution is 2.79. The topological polar surface area (TPSA) is 0 Å². The number of thioether (sulfide) groups is 2. The molecule has 2 rings (SSSR count). The van der Waals surface area contributed by atoms with E-state index in [0.717, 1.165) is 5.25 Å². The van der Waals surface area contributed by atoms with Gasteiger partial charge in [0.1, 0.15) is 0 Å². The maximum Gasteiger partial charge on any atom is 0.0229 e. The zero-order chi connectivity index (χ0) is 8.93. The molecule has 5 heteroatoms. The van der Waals surface area contributed by atoms with Crippen molar-refractivity contribution in [1.29, 1.82) is 0 Å². The molecule has 0 N–H and O–H groups in total. The maximum atomic E-state index is 2.17. The van der Waals surface area contributed by atoms with Crippen molar-refractivity contribution in [2.45, 2.75) is 24.5 Å². The van der Waals surface area contributed by atoms with E-state index < -0.39 is 0 Å². The van der Waals surface area contributed by atoms with Crippen molar-refractivity contribution in [1.82, 2.24) is 0 Å². The predicted octanol–water partition coefficient (Wildman–Crippen LogP) is 4.23. The number of rotatable bonds is 8. The number of thiol groups is 1. The highest BCUT2D eigenvalue weighted by atomic mass is 34.1. The summed E-state index contributed by atoms with van der Waals surface area (Å²) < 4.78 is 0. The van der Waals surface area contributed by atoms with Gasteiger partial charge in [-0.15, -0.1) is 8.96 Å². The first-order valence-corrected chi connectivity index (χ1v) is 11.9. The van der Waals surface area contributed by atoms with Crippen molar-refractivity contribution in [2.75, 3.05) is 23.0 Å². The average Bonchev–Trinajstić information content (AvgIpc) is 2.99. The van der Waals surface area contributed by atoms with Crippen LogP contribution in [0.15, 0.2) is 0 Å². The zero-order valence-electron chi connectivity index (χ0n) is 7.61. The molecule has 78 valence electrons.